The van der Waals surface area contributed by atoms with Crippen molar-refractivity contribution in [3.05, 3.63) is 0 Å². The molecule has 4 heteroatoms. The van der Waals surface area contributed by atoms with Crippen LogP contribution in [0.15, 0.2) is 0 Å². The Labute approximate surface area is 105 Å². The van der Waals surface area contributed by atoms with E-state index in [0.29, 0.717) is 13.2 Å². The maximum absolute atomic E-state index is 11.9. The molecule has 0 saturated carbocycles. The van der Waals surface area contributed by atoms with E-state index >= 15 is 0 Å². The first-order valence-corrected chi connectivity index (χ1v) is 6.80. The van der Waals surface area contributed by atoms with E-state index in [1.165, 1.54) is 12.8 Å². The highest BCUT2D eigenvalue weighted by Crippen LogP contribution is 2.09. The van der Waals surface area contributed by atoms with Gasteiger partial charge in [0.25, 0.3) is 0 Å². The molecule has 1 aliphatic heterocycles. The first-order chi connectivity index (χ1) is 8.20. The lowest BCUT2D eigenvalue weighted by Gasteiger charge is -2.20. The summed E-state index contributed by atoms with van der Waals surface area (Å²) in [6.07, 6.45) is 5.10. The van der Waals surface area contributed by atoms with Crippen molar-refractivity contribution in [3.63, 3.8) is 0 Å². The van der Waals surface area contributed by atoms with Gasteiger partial charge in [-0.3, -0.25) is 4.79 Å². The highest BCUT2D eigenvalue weighted by molar-refractivity contribution is 5.78. The molecule has 4 nitrogen and oxygen atoms in total. The minimum Gasteiger partial charge on any atom is -0.377 e. The third-order valence-corrected chi connectivity index (χ3v) is 2.97. The molecular weight excluding hydrogens is 216 g/mol. The average Bonchev–Trinajstić information content (AvgIpc) is 2.56. The molecule has 0 bridgehead atoms. The van der Waals surface area contributed by atoms with Crippen LogP contribution in [0.5, 0.6) is 0 Å². The number of nitrogens with zero attached hydrogens (tertiary/aromatic N) is 1. The van der Waals surface area contributed by atoms with Crippen molar-refractivity contribution in [3.8, 4) is 0 Å². The molecule has 0 spiro atoms. The van der Waals surface area contributed by atoms with E-state index in [4.69, 9.17) is 4.74 Å². The summed E-state index contributed by atoms with van der Waals surface area (Å²) in [6.45, 7) is 7.76. The Morgan fingerprint density at radius 1 is 1.24 bits per heavy atom. The first-order valence-electron chi connectivity index (χ1n) is 6.80. The molecule has 0 aliphatic carbocycles. The number of ether oxygens (including phenoxy) is 1. The number of hydrogen-bond donors (Lipinski definition) is 1. The van der Waals surface area contributed by atoms with Gasteiger partial charge in [-0.25, -0.2) is 0 Å². The highest BCUT2D eigenvalue weighted by Gasteiger charge is 2.14. The van der Waals surface area contributed by atoms with E-state index in [-0.39, 0.29) is 12.0 Å². The summed E-state index contributed by atoms with van der Waals surface area (Å²) in [6, 6.07) is 0. The molecule has 1 N–H and O–H groups in total. The van der Waals surface area contributed by atoms with Gasteiger partial charge >= 0.3 is 0 Å². The summed E-state index contributed by atoms with van der Waals surface area (Å²) in [7, 11) is 0. The average molecular weight is 242 g/mol. The second kappa shape index (κ2) is 8.48. The summed E-state index contributed by atoms with van der Waals surface area (Å²) >= 11 is 0. The van der Waals surface area contributed by atoms with E-state index in [1.54, 1.807) is 0 Å². The van der Waals surface area contributed by atoms with E-state index in [9.17, 15) is 4.79 Å². The maximum Gasteiger partial charge on any atom is 0.236 e. The van der Waals surface area contributed by atoms with Crippen molar-refractivity contribution < 1.29 is 9.53 Å². The number of rotatable bonds is 6. The summed E-state index contributed by atoms with van der Waals surface area (Å²) in [5.41, 5.74) is 0. The normalized spacial score (nSPS) is 17.2. The van der Waals surface area contributed by atoms with Gasteiger partial charge in [0, 0.05) is 19.6 Å². The number of carbonyl (C=O) groups excluding carboxylic acids is 1. The van der Waals surface area contributed by atoms with Gasteiger partial charge in [0.05, 0.1) is 19.3 Å². The van der Waals surface area contributed by atoms with Crippen LogP contribution < -0.4 is 5.32 Å². The minimum atomic E-state index is 0.233. The van der Waals surface area contributed by atoms with Gasteiger partial charge < -0.3 is 15.0 Å². The van der Waals surface area contributed by atoms with Gasteiger partial charge in [-0.2, -0.15) is 0 Å². The fourth-order valence-electron chi connectivity index (χ4n) is 1.99. The zero-order valence-electron chi connectivity index (χ0n) is 11.2. The molecule has 100 valence electrons. The van der Waals surface area contributed by atoms with Crippen LogP contribution in [0.1, 0.15) is 39.5 Å². The molecule has 1 amide bonds. The number of hydrogen-bond acceptors (Lipinski definition) is 3. The zero-order chi connectivity index (χ0) is 12.5. The summed E-state index contributed by atoms with van der Waals surface area (Å²) in [5.74, 6) is 0.233. The molecular formula is C13H26N2O2. The van der Waals surface area contributed by atoms with Crippen LogP contribution in [-0.4, -0.2) is 49.7 Å². The Morgan fingerprint density at radius 2 is 1.88 bits per heavy atom. The van der Waals surface area contributed by atoms with Gasteiger partial charge in [-0.15, -0.1) is 0 Å². The van der Waals surface area contributed by atoms with Crippen LogP contribution in [-0.2, 0) is 9.53 Å². The van der Waals surface area contributed by atoms with Gasteiger partial charge in [0.2, 0.25) is 5.91 Å². The third-order valence-electron chi connectivity index (χ3n) is 2.97. The first kappa shape index (κ1) is 14.5. The molecule has 0 aromatic rings. The number of nitrogens with one attached hydrogen (secondary N) is 1. The Morgan fingerprint density at radius 3 is 2.47 bits per heavy atom. The molecule has 1 heterocycles. The predicted octanol–water partition coefficient (Wildman–Crippen LogP) is 1.40. The molecule has 0 radical (unpaired) electrons. The lowest BCUT2D eigenvalue weighted by molar-refractivity contribution is -0.130. The Hall–Kier alpha value is -0.610. The van der Waals surface area contributed by atoms with Crippen molar-refractivity contribution in [2.45, 2.75) is 45.6 Å². The molecule has 0 unspecified atom stereocenters. The largest absolute Gasteiger partial charge is 0.377 e. The fraction of sp³-hybridized carbons (Fsp3) is 0.923. The maximum atomic E-state index is 11.9. The Bertz CT molecular complexity index is 211. The highest BCUT2D eigenvalue weighted by atomic mass is 16.5. The van der Waals surface area contributed by atoms with Crippen molar-refractivity contribution >= 4 is 5.91 Å². The number of likely N-dealkylation sites (tertiary alicyclic amines) is 1. The molecule has 0 aromatic heterocycles. The molecule has 1 fully saturated rings. The van der Waals surface area contributed by atoms with Crippen LogP contribution in [0.3, 0.4) is 0 Å². The monoisotopic (exact) mass is 242 g/mol. The van der Waals surface area contributed by atoms with Crippen molar-refractivity contribution in [2.24, 2.45) is 0 Å². The van der Waals surface area contributed by atoms with Crippen molar-refractivity contribution in [1.82, 2.24) is 10.2 Å². The van der Waals surface area contributed by atoms with Crippen LogP contribution in [0.2, 0.25) is 0 Å². The molecule has 0 atom stereocenters. The van der Waals surface area contributed by atoms with Crippen LogP contribution in [0.4, 0.5) is 0 Å². The summed E-state index contributed by atoms with van der Waals surface area (Å²) in [5, 5.41) is 3.14. The van der Waals surface area contributed by atoms with E-state index in [1.807, 2.05) is 18.7 Å². The molecule has 1 aliphatic rings. The minimum absolute atomic E-state index is 0.233. The molecule has 0 aromatic carbocycles. The smallest absolute Gasteiger partial charge is 0.236 e. The second-order valence-corrected chi connectivity index (χ2v) is 4.89. The van der Waals surface area contributed by atoms with Crippen molar-refractivity contribution in [2.75, 3.05) is 32.8 Å². The predicted molar refractivity (Wildman–Crippen MR) is 69.0 cm³/mol. The topological polar surface area (TPSA) is 41.6 Å². The van der Waals surface area contributed by atoms with Crippen LogP contribution in [0.25, 0.3) is 0 Å². The number of carbonyl (C=O) groups is 1. The SMILES string of the molecule is CC(C)OCCNCC(=O)N1CCCCCC1. The summed E-state index contributed by atoms with van der Waals surface area (Å²) in [4.78, 5) is 13.9. The fourth-order valence-corrected chi connectivity index (χ4v) is 1.99. The molecule has 1 saturated heterocycles. The van der Waals surface area contributed by atoms with E-state index in [0.717, 1.165) is 32.5 Å². The summed E-state index contributed by atoms with van der Waals surface area (Å²) < 4.78 is 5.40. The van der Waals surface area contributed by atoms with Gasteiger partial charge in [0.1, 0.15) is 0 Å². The quantitative estimate of drug-likeness (QED) is 0.716. The lowest BCUT2D eigenvalue weighted by Crippen LogP contribution is -2.39. The molecule has 1 rings (SSSR count). The van der Waals surface area contributed by atoms with Crippen molar-refractivity contribution in [1.29, 1.82) is 0 Å². The van der Waals surface area contributed by atoms with Crippen LogP contribution in [0, 0.1) is 0 Å². The lowest BCUT2D eigenvalue weighted by atomic mass is 10.2. The van der Waals surface area contributed by atoms with E-state index < -0.39 is 0 Å². The van der Waals surface area contributed by atoms with Crippen LogP contribution >= 0.6 is 0 Å². The molecule has 17 heavy (non-hydrogen) atoms. The standard InChI is InChI=1S/C13H26N2O2/c1-12(2)17-10-7-14-11-13(16)15-8-5-3-4-6-9-15/h12,14H,3-11H2,1-2H3. The van der Waals surface area contributed by atoms with Gasteiger partial charge in [-0.1, -0.05) is 12.8 Å². The second-order valence-electron chi connectivity index (χ2n) is 4.89. The van der Waals surface area contributed by atoms with Gasteiger partial charge in [-0.05, 0) is 26.7 Å². The third kappa shape index (κ3) is 6.64. The van der Waals surface area contributed by atoms with E-state index in [2.05, 4.69) is 5.32 Å². The number of amides is 1. The Kier molecular flexibility index (Phi) is 7.21. The van der Waals surface area contributed by atoms with Gasteiger partial charge in [0.15, 0.2) is 0 Å². The Balaban J connectivity index is 2.07. The zero-order valence-corrected chi connectivity index (χ0v) is 11.2.